The maximum Gasteiger partial charge on any atom is 0.269 e. The van der Waals surface area contributed by atoms with E-state index in [0.717, 1.165) is 87.5 Å². The van der Waals surface area contributed by atoms with Gasteiger partial charge in [0, 0.05) is 47.2 Å². The highest BCUT2D eigenvalue weighted by molar-refractivity contribution is 6.33. The molecule has 2 aliphatic carbocycles. The van der Waals surface area contributed by atoms with Crippen LogP contribution >= 0.6 is 0 Å². The number of nitrogens with one attached hydrogen (secondary N) is 1. The minimum atomic E-state index is -1.15. The predicted molar refractivity (Wildman–Crippen MR) is 248 cm³/mol. The van der Waals surface area contributed by atoms with Gasteiger partial charge in [0.1, 0.15) is 17.7 Å². The molecule has 6 aromatic rings. The number of ether oxygens (including phenoxy) is 2. The summed E-state index contributed by atoms with van der Waals surface area (Å²) >= 11 is 0. The lowest BCUT2D eigenvalue weighted by Crippen LogP contribution is -2.39. The van der Waals surface area contributed by atoms with E-state index in [4.69, 9.17) is 9.47 Å². The maximum atomic E-state index is 11.6. The first-order chi connectivity index (χ1) is 30.9. The highest BCUT2D eigenvalue weighted by atomic mass is 16.7. The lowest BCUT2D eigenvalue weighted by Gasteiger charge is -2.30. The molecule has 3 aliphatic rings. The molecule has 0 spiro atoms. The highest BCUT2D eigenvalue weighted by Crippen LogP contribution is 2.45. The van der Waals surface area contributed by atoms with Crippen molar-refractivity contribution >= 4 is 41.2 Å². The Hall–Kier alpha value is -8.05. The van der Waals surface area contributed by atoms with Gasteiger partial charge in [-0.25, -0.2) is 0 Å². The molecule has 0 atom stereocenters. The number of nitrogens with zero attached hydrogens (tertiary/aromatic N) is 3. The van der Waals surface area contributed by atoms with E-state index in [9.17, 15) is 20.2 Å². The number of hydrogen-bond acceptors (Lipinski definition) is 6. The molecule has 0 unspecified atom stereocenters. The zero-order chi connectivity index (χ0) is 43.1. The molecule has 0 saturated heterocycles. The first-order valence-electron chi connectivity index (χ1n) is 20.8. The van der Waals surface area contributed by atoms with E-state index < -0.39 is 16.0 Å². The van der Waals surface area contributed by atoms with Gasteiger partial charge in [0.2, 0.25) is 0 Å². The van der Waals surface area contributed by atoms with E-state index in [1.54, 1.807) is 0 Å². The zero-order valence-corrected chi connectivity index (χ0v) is 34.2. The number of nitro groups is 2. The summed E-state index contributed by atoms with van der Waals surface area (Å²) in [6.45, 7) is 0. The van der Waals surface area contributed by atoms with Crippen LogP contribution in [0.5, 0.6) is 11.5 Å². The molecule has 0 fully saturated rings. The normalized spacial score (nSPS) is 15.5. The summed E-state index contributed by atoms with van der Waals surface area (Å²) in [4.78, 5) is 26.2. The lowest BCUT2D eigenvalue weighted by molar-refractivity contribution is -0.385. The zero-order valence-electron chi connectivity index (χ0n) is 34.2. The number of rotatable bonds is 14. The van der Waals surface area contributed by atoms with Gasteiger partial charge < -0.3 is 18.9 Å². The Bertz CT molecular complexity index is 2830. The minimum Gasteiger partial charge on any atom is -0.490 e. The number of aromatic amines is 1. The van der Waals surface area contributed by atoms with Crippen molar-refractivity contribution in [2.24, 2.45) is 0 Å². The molecular weight excluding hydrogens is 787 g/mol. The monoisotopic (exact) mass is 828 g/mol. The van der Waals surface area contributed by atoms with Crippen molar-refractivity contribution in [1.82, 2.24) is 4.98 Å². The van der Waals surface area contributed by atoms with Gasteiger partial charge in [0.15, 0.2) is 18.8 Å². The van der Waals surface area contributed by atoms with Crippen molar-refractivity contribution in [1.29, 1.82) is 0 Å². The van der Waals surface area contributed by atoms with Crippen LogP contribution < -0.4 is 9.47 Å². The first kappa shape index (κ1) is 40.4. The molecule has 5 aromatic carbocycles. The summed E-state index contributed by atoms with van der Waals surface area (Å²) in [5.74, 6) is 0.644. The Kier molecular flexibility index (Phi) is 11.7. The molecule has 308 valence electrons. The number of hydrogen-bond donors (Lipinski definition) is 1. The van der Waals surface area contributed by atoms with Gasteiger partial charge in [0.25, 0.3) is 11.4 Å². The Labute approximate surface area is 365 Å². The van der Waals surface area contributed by atoms with Crippen LogP contribution in [-0.2, 0) is 0 Å². The molecule has 1 aliphatic heterocycles. The third kappa shape index (κ3) is 8.90. The Balaban J connectivity index is 1.31. The van der Waals surface area contributed by atoms with Crippen molar-refractivity contribution < 1.29 is 23.8 Å². The van der Waals surface area contributed by atoms with Crippen molar-refractivity contribution in [3.63, 3.8) is 0 Å². The third-order valence-corrected chi connectivity index (χ3v) is 11.1. The average Bonchev–Trinajstić information content (AvgIpc) is 3.94. The van der Waals surface area contributed by atoms with E-state index >= 15 is 0 Å². The van der Waals surface area contributed by atoms with Gasteiger partial charge in [-0.1, -0.05) is 115 Å². The average molecular weight is 829 g/mol. The maximum absolute atomic E-state index is 11.6. The molecule has 1 aromatic heterocycles. The summed E-state index contributed by atoms with van der Waals surface area (Å²) in [6.07, 6.45) is 17.5. The molecule has 0 bridgehead atoms. The summed E-state index contributed by atoms with van der Waals surface area (Å²) < 4.78 is 15.3. The Morgan fingerprint density at radius 2 is 1.19 bits per heavy atom. The van der Waals surface area contributed by atoms with E-state index in [1.165, 1.54) is 54.1 Å². The fourth-order valence-electron chi connectivity index (χ4n) is 8.12. The van der Waals surface area contributed by atoms with Crippen LogP contribution in [-0.4, -0.2) is 38.6 Å². The molecule has 11 heteroatoms. The molecule has 0 amide bonds. The van der Waals surface area contributed by atoms with Gasteiger partial charge in [0.05, 0.1) is 26.7 Å². The number of H-pyrrole nitrogens is 1. The summed E-state index contributed by atoms with van der Waals surface area (Å²) in [5, 5.41) is 23.2. The van der Waals surface area contributed by atoms with Crippen LogP contribution in [0.3, 0.4) is 0 Å². The smallest absolute Gasteiger partial charge is 0.269 e. The molecule has 63 heavy (non-hydrogen) atoms. The fourth-order valence-corrected chi connectivity index (χ4v) is 8.12. The SMILES string of the molecule is O=[N+]([O-])c1ccc(OC([B-][N+]2=C(c3ccccc3)C=C(c3ccccc3)/C2=C(\C2=CC=CCC2)c2[nH]c(-c3ccccc3)cc2C2=CC=CCC2)Oc2ccc([N+](=O)[O-])cc2)cc1. The van der Waals surface area contributed by atoms with Crippen LogP contribution in [0.25, 0.3) is 28.0 Å². The molecule has 1 N–H and O–H groups in total. The van der Waals surface area contributed by atoms with E-state index in [0.29, 0.717) is 11.5 Å². The van der Waals surface area contributed by atoms with Crippen LogP contribution in [0.2, 0.25) is 0 Å². The Morgan fingerprint density at radius 3 is 1.71 bits per heavy atom. The van der Waals surface area contributed by atoms with Crippen molar-refractivity contribution in [3.8, 4) is 22.8 Å². The summed E-state index contributed by atoms with van der Waals surface area (Å²) in [6, 6.07) is 44.7. The van der Waals surface area contributed by atoms with Crippen LogP contribution in [0.4, 0.5) is 11.4 Å². The van der Waals surface area contributed by atoms with Crippen molar-refractivity contribution in [3.05, 3.63) is 242 Å². The third-order valence-electron chi connectivity index (χ3n) is 11.1. The molecule has 0 saturated carbocycles. The van der Waals surface area contributed by atoms with Crippen molar-refractivity contribution in [2.75, 3.05) is 0 Å². The molecule has 9 rings (SSSR count). The molecule has 2 radical (unpaired) electrons. The van der Waals surface area contributed by atoms with E-state index in [2.05, 4.69) is 94.5 Å². The van der Waals surface area contributed by atoms with E-state index in [-0.39, 0.29) is 11.4 Å². The topological polar surface area (TPSA) is 124 Å². The number of aromatic nitrogens is 1. The predicted octanol–water partition coefficient (Wildman–Crippen LogP) is 11.9. The van der Waals surface area contributed by atoms with Crippen LogP contribution in [0.1, 0.15) is 48.1 Å². The number of allylic oxidation sites excluding steroid dienone is 11. The van der Waals surface area contributed by atoms with Gasteiger partial charge in [-0.05, 0) is 90.4 Å². The highest BCUT2D eigenvalue weighted by Gasteiger charge is 2.35. The van der Waals surface area contributed by atoms with Gasteiger partial charge in [-0.15, -0.1) is 0 Å². The Morgan fingerprint density at radius 1 is 0.651 bits per heavy atom. The summed E-state index contributed by atoms with van der Waals surface area (Å²) in [5.41, 5.74) is 12.0. The second-order valence-corrected chi connectivity index (χ2v) is 15.2. The fraction of sp³-hybridized carbons (Fsp3) is 0.0962. The van der Waals surface area contributed by atoms with Crippen molar-refractivity contribution in [2.45, 2.75) is 31.9 Å². The largest absolute Gasteiger partial charge is 0.490 e. The number of non-ortho nitro benzene ring substituents is 2. The minimum absolute atomic E-state index is 0.0834. The van der Waals surface area contributed by atoms with Crippen LogP contribution in [0, 0.1) is 20.2 Å². The van der Waals surface area contributed by atoms with Gasteiger partial charge in [-0.3, -0.25) is 20.2 Å². The quantitative estimate of drug-likeness (QED) is 0.0505. The van der Waals surface area contributed by atoms with Crippen LogP contribution in [0.15, 0.2) is 199 Å². The lowest BCUT2D eigenvalue weighted by atomic mass is 9.83. The molecular formula is C52H41BN4O6. The standard InChI is InChI=1S/C52H41BN4O6/c58-56(59)41-26-30-43(31-27-41)62-52(63-44-32-28-42(29-33-44)57(60)61)53-55-48(39-22-12-4-13-23-39)35-46(37-18-8-2-9-19-37)51(55)49(40-24-14-5-15-25-40)50-45(36-16-6-1-7-17-36)34-47(54-50)38-20-10-3-11-21-38/h1-6,8-14,16,18-24,26-35,52,54H,7,15,17,25H2/b51-49-. The molecule has 2 heterocycles. The van der Waals surface area contributed by atoms with Gasteiger partial charge in [-0.2, -0.15) is 0 Å². The second-order valence-electron chi connectivity index (χ2n) is 15.2. The number of benzene rings is 5. The molecule has 10 nitrogen and oxygen atoms in total. The second kappa shape index (κ2) is 18.3. The number of nitro benzene ring substituents is 2. The summed E-state index contributed by atoms with van der Waals surface area (Å²) in [7, 11) is 1.87. The van der Waals surface area contributed by atoms with Gasteiger partial charge >= 0.3 is 0 Å². The first-order valence-corrected chi connectivity index (χ1v) is 20.8. The van der Waals surface area contributed by atoms with E-state index in [1.807, 2.05) is 62.0 Å².